The normalized spacial score (nSPS) is 16.8. The second kappa shape index (κ2) is 8.72. The van der Waals surface area contributed by atoms with Crippen LogP contribution in [0, 0.1) is 0 Å². The number of guanidine groups is 1. The third-order valence-electron chi connectivity index (χ3n) is 4.38. The molecule has 0 bridgehead atoms. The van der Waals surface area contributed by atoms with E-state index in [-0.39, 0.29) is 12.6 Å². The molecular weight excluding hydrogens is 314 g/mol. The highest BCUT2D eigenvalue weighted by atomic mass is 16.4. The van der Waals surface area contributed by atoms with E-state index in [9.17, 15) is 5.11 Å². The molecule has 0 radical (unpaired) electrons. The zero-order valence-corrected chi connectivity index (χ0v) is 15.5. The Labute approximate surface area is 150 Å². The quantitative estimate of drug-likeness (QED) is 0.533. The Bertz CT molecular complexity index is 651. The number of nitrogens with zero attached hydrogens (tertiary/aromatic N) is 1. The van der Waals surface area contributed by atoms with Crippen LogP contribution in [0.25, 0.3) is 0 Å². The van der Waals surface area contributed by atoms with Gasteiger partial charge >= 0.3 is 0 Å². The van der Waals surface area contributed by atoms with Crippen molar-refractivity contribution in [2.45, 2.75) is 45.3 Å². The average molecular weight is 343 g/mol. The van der Waals surface area contributed by atoms with Gasteiger partial charge in [-0.05, 0) is 38.5 Å². The summed E-state index contributed by atoms with van der Waals surface area (Å²) in [7, 11) is 0. The van der Waals surface area contributed by atoms with Crippen molar-refractivity contribution in [3.05, 3.63) is 60.1 Å². The molecule has 3 N–H and O–H groups in total. The van der Waals surface area contributed by atoms with Gasteiger partial charge in [-0.2, -0.15) is 0 Å². The van der Waals surface area contributed by atoms with Crippen LogP contribution in [0.5, 0.6) is 0 Å². The summed E-state index contributed by atoms with van der Waals surface area (Å²) in [5, 5.41) is 17.2. The van der Waals surface area contributed by atoms with Gasteiger partial charge in [0.2, 0.25) is 0 Å². The van der Waals surface area contributed by atoms with Crippen LogP contribution >= 0.6 is 0 Å². The van der Waals surface area contributed by atoms with E-state index in [0.717, 1.165) is 6.54 Å². The van der Waals surface area contributed by atoms with Crippen LogP contribution in [0.2, 0.25) is 0 Å². The van der Waals surface area contributed by atoms with Crippen molar-refractivity contribution in [3.8, 4) is 0 Å². The zero-order chi connectivity index (χ0) is 18.3. The standard InChI is InChI=1S/C20H29N3O2/c1-5-21-19(22-14-20(4,24)18-12-9-13-25-18)23-16(3)15(2)17-10-7-6-8-11-17/h6-13,15-16,24H,5,14H2,1-4H3,(H2,21,22,23). The van der Waals surface area contributed by atoms with Crippen LogP contribution in [0.4, 0.5) is 0 Å². The number of benzene rings is 1. The van der Waals surface area contributed by atoms with Gasteiger partial charge in [-0.15, -0.1) is 0 Å². The minimum atomic E-state index is -1.14. The lowest BCUT2D eigenvalue weighted by Crippen LogP contribution is -2.45. The zero-order valence-electron chi connectivity index (χ0n) is 15.5. The minimum absolute atomic E-state index is 0.189. The maximum atomic E-state index is 10.6. The maximum absolute atomic E-state index is 10.6. The summed E-state index contributed by atoms with van der Waals surface area (Å²) in [5.74, 6) is 1.53. The van der Waals surface area contributed by atoms with Crippen LogP contribution in [0.15, 0.2) is 58.1 Å². The second-order valence-corrected chi connectivity index (χ2v) is 6.58. The molecule has 136 valence electrons. The first kappa shape index (κ1) is 19.1. The average Bonchev–Trinajstić information content (AvgIpc) is 3.15. The van der Waals surface area contributed by atoms with Gasteiger partial charge in [0.25, 0.3) is 0 Å². The van der Waals surface area contributed by atoms with Gasteiger partial charge in [-0.3, -0.25) is 0 Å². The summed E-state index contributed by atoms with van der Waals surface area (Å²) < 4.78 is 5.31. The molecule has 0 aliphatic carbocycles. The molecule has 0 saturated carbocycles. The highest BCUT2D eigenvalue weighted by molar-refractivity contribution is 5.80. The van der Waals surface area contributed by atoms with E-state index < -0.39 is 5.60 Å². The molecule has 2 aromatic rings. The number of nitrogens with one attached hydrogen (secondary N) is 2. The van der Waals surface area contributed by atoms with E-state index in [0.29, 0.717) is 17.6 Å². The van der Waals surface area contributed by atoms with E-state index in [1.807, 2.05) is 13.0 Å². The lowest BCUT2D eigenvalue weighted by Gasteiger charge is -2.25. The lowest BCUT2D eigenvalue weighted by atomic mass is 9.94. The number of furan rings is 1. The summed E-state index contributed by atoms with van der Waals surface area (Å²) in [5.41, 5.74) is 0.140. The predicted molar refractivity (Wildman–Crippen MR) is 102 cm³/mol. The summed E-state index contributed by atoms with van der Waals surface area (Å²) in [6, 6.07) is 14.1. The third-order valence-corrected chi connectivity index (χ3v) is 4.38. The molecule has 0 fully saturated rings. The smallest absolute Gasteiger partial charge is 0.191 e. The number of rotatable bonds is 7. The number of aliphatic hydroxyl groups is 1. The monoisotopic (exact) mass is 343 g/mol. The van der Waals surface area contributed by atoms with Gasteiger partial charge in [0.05, 0.1) is 12.8 Å². The molecule has 3 unspecified atom stereocenters. The Morgan fingerprint density at radius 3 is 2.52 bits per heavy atom. The van der Waals surface area contributed by atoms with Crippen molar-refractivity contribution in [2.24, 2.45) is 4.99 Å². The molecule has 0 aliphatic rings. The fraction of sp³-hybridized carbons (Fsp3) is 0.450. The Morgan fingerprint density at radius 2 is 1.92 bits per heavy atom. The summed E-state index contributed by atoms with van der Waals surface area (Å²) >= 11 is 0. The van der Waals surface area contributed by atoms with Crippen molar-refractivity contribution < 1.29 is 9.52 Å². The Kier molecular flexibility index (Phi) is 6.65. The second-order valence-electron chi connectivity index (χ2n) is 6.58. The third kappa shape index (κ3) is 5.36. The molecule has 0 aliphatic heterocycles. The van der Waals surface area contributed by atoms with Crippen LogP contribution in [0.1, 0.15) is 44.9 Å². The number of hydrogen-bond donors (Lipinski definition) is 3. The molecule has 1 aromatic carbocycles. The first-order chi connectivity index (χ1) is 11.9. The van der Waals surface area contributed by atoms with Gasteiger partial charge in [-0.1, -0.05) is 37.3 Å². The Morgan fingerprint density at radius 1 is 1.20 bits per heavy atom. The van der Waals surface area contributed by atoms with Gasteiger partial charge in [0, 0.05) is 18.5 Å². The van der Waals surface area contributed by atoms with Gasteiger partial charge in [0.1, 0.15) is 11.4 Å². The van der Waals surface area contributed by atoms with Crippen LogP contribution < -0.4 is 10.6 Å². The SMILES string of the molecule is CCNC(=NCC(C)(O)c1ccco1)NC(C)C(C)c1ccccc1. The predicted octanol–water partition coefficient (Wildman–Crippen LogP) is 3.23. The molecule has 5 nitrogen and oxygen atoms in total. The van der Waals surface area contributed by atoms with Crippen LogP contribution in [0.3, 0.4) is 0 Å². The first-order valence-electron chi connectivity index (χ1n) is 8.80. The van der Waals surface area contributed by atoms with Crippen molar-refractivity contribution in [1.82, 2.24) is 10.6 Å². The first-order valence-corrected chi connectivity index (χ1v) is 8.80. The molecule has 1 aromatic heterocycles. The van der Waals surface area contributed by atoms with E-state index in [2.05, 4.69) is 53.7 Å². The maximum Gasteiger partial charge on any atom is 0.191 e. The highest BCUT2D eigenvalue weighted by Gasteiger charge is 2.26. The van der Waals surface area contributed by atoms with Crippen molar-refractivity contribution in [3.63, 3.8) is 0 Å². The molecule has 3 atom stereocenters. The molecule has 25 heavy (non-hydrogen) atoms. The minimum Gasteiger partial charge on any atom is -0.466 e. The van der Waals surface area contributed by atoms with E-state index >= 15 is 0 Å². The summed E-state index contributed by atoms with van der Waals surface area (Å²) in [6.07, 6.45) is 1.56. The van der Waals surface area contributed by atoms with Crippen molar-refractivity contribution >= 4 is 5.96 Å². The highest BCUT2D eigenvalue weighted by Crippen LogP contribution is 2.21. The molecule has 0 saturated heterocycles. The van der Waals surface area contributed by atoms with Crippen molar-refractivity contribution in [2.75, 3.05) is 13.1 Å². The Balaban J connectivity index is 2.04. The van der Waals surface area contributed by atoms with Gasteiger partial charge in [0.15, 0.2) is 5.96 Å². The molecule has 0 spiro atoms. The molecule has 2 rings (SSSR count). The van der Waals surface area contributed by atoms with Gasteiger partial charge < -0.3 is 20.2 Å². The fourth-order valence-corrected chi connectivity index (χ4v) is 2.60. The number of hydrogen-bond acceptors (Lipinski definition) is 3. The summed E-state index contributed by atoms with van der Waals surface area (Å²) in [4.78, 5) is 4.54. The van der Waals surface area contributed by atoms with Crippen molar-refractivity contribution in [1.29, 1.82) is 0 Å². The van der Waals surface area contributed by atoms with E-state index in [1.165, 1.54) is 5.56 Å². The van der Waals surface area contributed by atoms with E-state index in [4.69, 9.17) is 4.42 Å². The molecular formula is C20H29N3O2. The lowest BCUT2D eigenvalue weighted by molar-refractivity contribution is 0.0436. The fourth-order valence-electron chi connectivity index (χ4n) is 2.60. The topological polar surface area (TPSA) is 69.8 Å². The van der Waals surface area contributed by atoms with Crippen LogP contribution in [-0.2, 0) is 5.60 Å². The van der Waals surface area contributed by atoms with Gasteiger partial charge in [-0.25, -0.2) is 4.99 Å². The van der Waals surface area contributed by atoms with E-state index in [1.54, 1.807) is 25.3 Å². The Hall–Kier alpha value is -2.27. The molecule has 0 amide bonds. The van der Waals surface area contributed by atoms with Crippen LogP contribution in [-0.4, -0.2) is 30.2 Å². The number of aliphatic imine (C=N–C) groups is 1. The molecule has 5 heteroatoms. The molecule has 1 heterocycles. The summed E-state index contributed by atoms with van der Waals surface area (Å²) in [6.45, 7) is 9.01. The largest absolute Gasteiger partial charge is 0.466 e.